The molecule has 2 bridgehead atoms. The van der Waals surface area contributed by atoms with Gasteiger partial charge in [0.2, 0.25) is 5.91 Å². The molecule has 2 fully saturated rings. The van der Waals surface area contributed by atoms with Crippen LogP contribution in [-0.2, 0) is 4.79 Å². The highest BCUT2D eigenvalue weighted by Crippen LogP contribution is 2.34. The minimum absolute atomic E-state index is 0.00460. The fourth-order valence-corrected chi connectivity index (χ4v) is 5.55. The van der Waals surface area contributed by atoms with E-state index in [4.69, 9.17) is 0 Å². The number of thiophene rings is 1. The number of nitrogens with one attached hydrogen (secondary N) is 3. The predicted molar refractivity (Wildman–Crippen MR) is 105 cm³/mol. The van der Waals surface area contributed by atoms with Crippen LogP contribution in [0.2, 0.25) is 0 Å². The smallest absolute Gasteiger partial charge is 0.251 e. The molecule has 2 aliphatic rings. The number of anilines is 1. The van der Waals surface area contributed by atoms with E-state index in [-0.39, 0.29) is 17.9 Å². The van der Waals surface area contributed by atoms with Gasteiger partial charge in [-0.3, -0.25) is 9.59 Å². The molecule has 0 unspecified atom stereocenters. The summed E-state index contributed by atoms with van der Waals surface area (Å²) in [4.78, 5) is 24.6. The van der Waals surface area contributed by atoms with Crippen molar-refractivity contribution in [3.8, 4) is 0 Å². The minimum Gasteiger partial charge on any atom is -0.348 e. The van der Waals surface area contributed by atoms with Crippen molar-refractivity contribution < 1.29 is 9.59 Å². The number of benzene rings is 1. The number of hydrogen-bond donors (Lipinski definition) is 3. The van der Waals surface area contributed by atoms with Gasteiger partial charge in [0.1, 0.15) is 0 Å². The van der Waals surface area contributed by atoms with Crippen LogP contribution in [0.4, 0.5) is 5.69 Å². The van der Waals surface area contributed by atoms with Gasteiger partial charge in [-0.15, -0.1) is 11.3 Å². The summed E-state index contributed by atoms with van der Waals surface area (Å²) in [7, 11) is 0. The summed E-state index contributed by atoms with van der Waals surface area (Å²) in [6.07, 6.45) is 3.43. The third-order valence-corrected chi connectivity index (χ3v) is 6.93. The average Bonchev–Trinajstić information content (AvgIpc) is 3.32. The van der Waals surface area contributed by atoms with Gasteiger partial charge in [-0.25, -0.2) is 0 Å². The zero-order valence-electron chi connectivity index (χ0n) is 14.5. The molecule has 3 heterocycles. The topological polar surface area (TPSA) is 70.2 Å². The Morgan fingerprint density at radius 3 is 2.69 bits per heavy atom. The number of amides is 2. The fourth-order valence-electron chi connectivity index (χ4n) is 3.66. The van der Waals surface area contributed by atoms with Crippen LogP contribution in [0.1, 0.15) is 36.5 Å². The van der Waals surface area contributed by atoms with Crippen molar-refractivity contribution in [1.29, 1.82) is 0 Å². The molecular weight excluding hydrogens is 366 g/mol. The largest absolute Gasteiger partial charge is 0.348 e. The van der Waals surface area contributed by atoms with Crippen molar-refractivity contribution in [3.05, 3.63) is 41.3 Å². The normalized spacial score (nSPS) is 23.8. The molecule has 7 heteroatoms. The van der Waals surface area contributed by atoms with Gasteiger partial charge in [0.05, 0.1) is 9.90 Å². The Balaban J connectivity index is 1.35. The van der Waals surface area contributed by atoms with Gasteiger partial charge in [-0.05, 0) is 49.6 Å². The summed E-state index contributed by atoms with van der Waals surface area (Å²) >= 11 is 3.21. The molecule has 1 aromatic carbocycles. The Morgan fingerprint density at radius 2 is 2.04 bits per heavy atom. The highest BCUT2D eigenvalue weighted by atomic mass is 32.2. The Labute approximate surface area is 160 Å². The van der Waals surface area contributed by atoms with E-state index in [1.807, 2.05) is 35.7 Å². The molecule has 1 aromatic heterocycles. The lowest BCUT2D eigenvalue weighted by molar-refractivity contribution is -0.114. The third kappa shape index (κ3) is 3.95. The first-order chi connectivity index (χ1) is 12.6. The average molecular weight is 388 g/mol. The standard InChI is InChI=1S/C19H21N3O2S2/c1-11(23)20-14-9-18(25-10-14)26-15-5-2-12(3-6-15)19(24)22-17-8-13-4-7-16(17)21-13/h2-3,5-6,9-10,13,16-17,21H,4,7-8H2,1H3,(H,20,23)(H,22,24)/t13-,16+,17-/m1/s1. The monoisotopic (exact) mass is 387 g/mol. The van der Waals surface area contributed by atoms with Crippen molar-refractivity contribution in [2.75, 3.05) is 5.32 Å². The summed E-state index contributed by atoms with van der Waals surface area (Å²) in [5.41, 5.74) is 1.52. The van der Waals surface area contributed by atoms with Crippen LogP contribution in [0.5, 0.6) is 0 Å². The maximum atomic E-state index is 12.5. The number of carbonyl (C=O) groups excluding carboxylic acids is 2. The summed E-state index contributed by atoms with van der Waals surface area (Å²) in [5, 5.41) is 11.4. The number of carbonyl (C=O) groups is 2. The van der Waals surface area contributed by atoms with E-state index in [0.717, 1.165) is 27.6 Å². The first kappa shape index (κ1) is 17.6. The molecule has 3 N–H and O–H groups in total. The lowest BCUT2D eigenvalue weighted by atomic mass is 9.95. The molecule has 0 spiro atoms. The summed E-state index contributed by atoms with van der Waals surface area (Å²) in [5.74, 6) is -0.0645. The van der Waals surface area contributed by atoms with Crippen LogP contribution in [0.25, 0.3) is 0 Å². The summed E-state index contributed by atoms with van der Waals surface area (Å²) in [6, 6.07) is 10.9. The van der Waals surface area contributed by atoms with Crippen molar-refractivity contribution >= 4 is 40.6 Å². The molecule has 5 nitrogen and oxygen atoms in total. The van der Waals surface area contributed by atoms with Crippen LogP contribution in [0, 0.1) is 0 Å². The van der Waals surface area contributed by atoms with Gasteiger partial charge in [0.15, 0.2) is 0 Å². The van der Waals surface area contributed by atoms with E-state index in [2.05, 4.69) is 16.0 Å². The molecule has 2 aromatic rings. The Kier molecular flexibility index (Phi) is 5.02. The van der Waals surface area contributed by atoms with Gasteiger partial charge in [0.25, 0.3) is 5.91 Å². The zero-order valence-corrected chi connectivity index (χ0v) is 16.1. The molecule has 2 saturated heterocycles. The lowest BCUT2D eigenvalue weighted by Gasteiger charge is -2.21. The predicted octanol–water partition coefficient (Wildman–Crippen LogP) is 3.48. The Bertz CT molecular complexity index is 818. The molecule has 4 rings (SSSR count). The van der Waals surface area contributed by atoms with Crippen LogP contribution < -0.4 is 16.0 Å². The number of rotatable bonds is 5. The van der Waals surface area contributed by atoms with Crippen LogP contribution >= 0.6 is 23.1 Å². The van der Waals surface area contributed by atoms with Gasteiger partial charge in [-0.2, -0.15) is 0 Å². The first-order valence-electron chi connectivity index (χ1n) is 8.78. The molecule has 2 aliphatic heterocycles. The molecular formula is C19H21N3O2S2. The molecule has 136 valence electrons. The second-order valence-corrected chi connectivity index (χ2v) is 9.11. The van der Waals surface area contributed by atoms with E-state index in [9.17, 15) is 9.59 Å². The van der Waals surface area contributed by atoms with Gasteiger partial charge >= 0.3 is 0 Å². The van der Waals surface area contributed by atoms with Crippen molar-refractivity contribution in [3.63, 3.8) is 0 Å². The van der Waals surface area contributed by atoms with Gasteiger partial charge in [0, 0.05) is 40.9 Å². The molecule has 0 aliphatic carbocycles. The molecule has 3 atom stereocenters. The summed E-state index contributed by atoms with van der Waals surface area (Å²) in [6.45, 7) is 1.50. The molecule has 0 radical (unpaired) electrons. The van der Waals surface area contributed by atoms with Crippen molar-refractivity contribution in [1.82, 2.24) is 10.6 Å². The van der Waals surface area contributed by atoms with Crippen LogP contribution in [-0.4, -0.2) is 29.9 Å². The first-order valence-corrected chi connectivity index (χ1v) is 10.5. The highest BCUT2D eigenvalue weighted by molar-refractivity contribution is 8.01. The molecule has 26 heavy (non-hydrogen) atoms. The molecule has 0 saturated carbocycles. The van der Waals surface area contributed by atoms with E-state index in [1.54, 1.807) is 23.1 Å². The maximum Gasteiger partial charge on any atom is 0.251 e. The minimum atomic E-state index is -0.0691. The lowest BCUT2D eigenvalue weighted by Crippen LogP contribution is -2.42. The van der Waals surface area contributed by atoms with Gasteiger partial charge in [-0.1, -0.05) is 11.8 Å². The number of fused-ring (bicyclic) bond motifs is 2. The second kappa shape index (κ2) is 7.42. The van der Waals surface area contributed by atoms with Crippen molar-refractivity contribution in [2.45, 2.75) is 53.4 Å². The van der Waals surface area contributed by atoms with Crippen LogP contribution in [0.3, 0.4) is 0 Å². The van der Waals surface area contributed by atoms with E-state index < -0.39 is 0 Å². The third-order valence-electron chi connectivity index (χ3n) is 4.85. The van der Waals surface area contributed by atoms with E-state index in [0.29, 0.717) is 17.6 Å². The second-order valence-electron chi connectivity index (χ2n) is 6.83. The summed E-state index contributed by atoms with van der Waals surface area (Å²) < 4.78 is 1.10. The quantitative estimate of drug-likeness (QED) is 0.735. The zero-order chi connectivity index (χ0) is 18.1. The van der Waals surface area contributed by atoms with E-state index >= 15 is 0 Å². The molecule has 2 amide bonds. The Morgan fingerprint density at radius 1 is 1.23 bits per heavy atom. The fraction of sp³-hybridized carbons (Fsp3) is 0.368. The highest BCUT2D eigenvalue weighted by Gasteiger charge is 2.39. The van der Waals surface area contributed by atoms with Gasteiger partial charge < -0.3 is 16.0 Å². The SMILES string of the molecule is CC(=O)Nc1csc(Sc2ccc(C(=O)N[C@@H]3C[C@H]4CC[C@@H]3N4)cc2)c1. The maximum absolute atomic E-state index is 12.5. The van der Waals surface area contributed by atoms with Crippen molar-refractivity contribution in [2.24, 2.45) is 0 Å². The number of hydrogen-bond acceptors (Lipinski definition) is 5. The Hall–Kier alpha value is -1.83. The van der Waals surface area contributed by atoms with E-state index in [1.165, 1.54) is 13.3 Å². The van der Waals surface area contributed by atoms with Crippen LogP contribution in [0.15, 0.2) is 44.8 Å².